The Kier molecular flexibility index (Phi) is 5.56. The average Bonchev–Trinajstić information content (AvgIpc) is 3.50. The number of nitrogens with zero attached hydrogens (tertiary/aromatic N) is 1. The molecule has 8 nitrogen and oxygen atoms in total. The maximum atomic E-state index is 13.7. The molecule has 2 aliphatic heterocycles. The molecule has 0 unspecified atom stereocenters. The van der Waals surface area contributed by atoms with E-state index in [2.05, 4.69) is 6.58 Å². The minimum atomic E-state index is -0.698. The number of rotatable bonds is 7. The van der Waals surface area contributed by atoms with Crippen LogP contribution in [0.25, 0.3) is 11.0 Å². The smallest absolute Gasteiger partial charge is 0.291 e. The largest absolute Gasteiger partial charge is 0.493 e. The van der Waals surface area contributed by atoms with E-state index < -0.39 is 6.04 Å². The first-order valence-corrected chi connectivity index (χ1v) is 11.8. The molecule has 6 rings (SSSR count). The number of methoxy groups -OCH3 is 1. The number of carbonyl (C=O) groups is 1. The van der Waals surface area contributed by atoms with Crippen molar-refractivity contribution in [2.45, 2.75) is 12.6 Å². The summed E-state index contributed by atoms with van der Waals surface area (Å²) in [6, 6.07) is 17.1. The van der Waals surface area contributed by atoms with Gasteiger partial charge in [0.05, 0.1) is 24.1 Å². The highest BCUT2D eigenvalue weighted by atomic mass is 16.7. The monoisotopic (exact) mass is 497 g/mol. The second-order valence-electron chi connectivity index (χ2n) is 8.70. The Balaban J connectivity index is 1.50. The quantitative estimate of drug-likeness (QED) is 0.338. The first kappa shape index (κ1) is 22.7. The van der Waals surface area contributed by atoms with Gasteiger partial charge in [-0.05, 0) is 47.5 Å². The van der Waals surface area contributed by atoms with E-state index in [9.17, 15) is 9.59 Å². The molecule has 4 aromatic rings. The van der Waals surface area contributed by atoms with Crippen molar-refractivity contribution in [1.29, 1.82) is 0 Å². The summed E-state index contributed by atoms with van der Waals surface area (Å²) in [5.74, 6) is 1.95. The normalized spacial score (nSPS) is 15.6. The van der Waals surface area contributed by atoms with Crippen molar-refractivity contribution in [3.05, 3.63) is 106 Å². The fourth-order valence-electron chi connectivity index (χ4n) is 4.83. The molecule has 37 heavy (non-hydrogen) atoms. The number of para-hydroxylation sites is 1. The molecular formula is C29H23NO7. The van der Waals surface area contributed by atoms with Crippen LogP contribution in [0.5, 0.6) is 23.0 Å². The third-order valence-corrected chi connectivity index (χ3v) is 6.52. The van der Waals surface area contributed by atoms with E-state index in [1.165, 1.54) is 0 Å². The standard InChI is InChI=1S/C29H23NO7/c1-3-12-34-21-11-9-18(14-23(21)33-2)26-25-27(31)19-6-4-5-7-20(19)37-28(25)29(32)30(26)15-17-8-10-22-24(13-17)36-16-35-22/h3-11,13-14,26H,1,12,15-16H2,2H3/t26-/m0/s1. The molecule has 0 fully saturated rings. The Hall–Kier alpha value is -4.72. The molecule has 0 saturated carbocycles. The van der Waals surface area contributed by atoms with E-state index in [-0.39, 0.29) is 30.4 Å². The number of hydrogen-bond acceptors (Lipinski definition) is 7. The summed E-state index contributed by atoms with van der Waals surface area (Å²) in [4.78, 5) is 29.1. The maximum Gasteiger partial charge on any atom is 0.291 e. The third kappa shape index (κ3) is 3.78. The van der Waals surface area contributed by atoms with Crippen molar-refractivity contribution < 1.29 is 28.2 Å². The molecule has 0 spiro atoms. The molecule has 8 heteroatoms. The Morgan fingerprint density at radius 1 is 1.03 bits per heavy atom. The van der Waals surface area contributed by atoms with Gasteiger partial charge in [-0.3, -0.25) is 9.59 Å². The number of benzene rings is 3. The van der Waals surface area contributed by atoms with Crippen molar-refractivity contribution in [1.82, 2.24) is 4.90 Å². The number of fused-ring (bicyclic) bond motifs is 3. The minimum absolute atomic E-state index is 0.0420. The molecule has 2 aliphatic rings. The summed E-state index contributed by atoms with van der Waals surface area (Å²) in [5, 5.41) is 0.418. The van der Waals surface area contributed by atoms with Crippen LogP contribution in [-0.2, 0) is 6.54 Å². The van der Waals surface area contributed by atoms with Gasteiger partial charge in [0.1, 0.15) is 12.2 Å². The summed E-state index contributed by atoms with van der Waals surface area (Å²) < 4.78 is 28.2. The van der Waals surface area contributed by atoms with Crippen LogP contribution in [0.2, 0.25) is 0 Å². The second kappa shape index (κ2) is 9.05. The van der Waals surface area contributed by atoms with Gasteiger partial charge in [-0.1, -0.05) is 36.9 Å². The summed E-state index contributed by atoms with van der Waals surface area (Å²) in [7, 11) is 1.54. The first-order chi connectivity index (χ1) is 18.1. The summed E-state index contributed by atoms with van der Waals surface area (Å²) in [6.45, 7) is 4.36. The lowest BCUT2D eigenvalue weighted by atomic mass is 9.97. The number of amides is 1. The fraction of sp³-hybridized carbons (Fsp3) is 0.172. The van der Waals surface area contributed by atoms with E-state index in [1.807, 2.05) is 24.3 Å². The van der Waals surface area contributed by atoms with E-state index in [4.69, 9.17) is 23.4 Å². The molecule has 3 heterocycles. The third-order valence-electron chi connectivity index (χ3n) is 6.52. The maximum absolute atomic E-state index is 13.7. The van der Waals surface area contributed by atoms with Crippen LogP contribution in [0.1, 0.15) is 33.3 Å². The van der Waals surface area contributed by atoms with Gasteiger partial charge in [-0.25, -0.2) is 0 Å². The Bertz CT molecular complexity index is 1610. The van der Waals surface area contributed by atoms with E-state index in [0.29, 0.717) is 51.7 Å². The molecule has 186 valence electrons. The van der Waals surface area contributed by atoms with Gasteiger partial charge in [-0.2, -0.15) is 0 Å². The van der Waals surface area contributed by atoms with Gasteiger partial charge in [0.2, 0.25) is 12.6 Å². The Morgan fingerprint density at radius 2 is 1.86 bits per heavy atom. The van der Waals surface area contributed by atoms with Crippen LogP contribution >= 0.6 is 0 Å². The van der Waals surface area contributed by atoms with Crippen molar-refractivity contribution in [3.8, 4) is 23.0 Å². The molecular weight excluding hydrogens is 474 g/mol. The fourth-order valence-corrected chi connectivity index (χ4v) is 4.83. The first-order valence-electron chi connectivity index (χ1n) is 11.8. The topological polar surface area (TPSA) is 87.4 Å². The summed E-state index contributed by atoms with van der Waals surface area (Å²) in [5.41, 5.74) is 1.94. The Morgan fingerprint density at radius 3 is 2.70 bits per heavy atom. The van der Waals surface area contributed by atoms with Gasteiger partial charge < -0.3 is 28.3 Å². The van der Waals surface area contributed by atoms with E-state index in [1.54, 1.807) is 54.5 Å². The zero-order chi connectivity index (χ0) is 25.5. The van der Waals surface area contributed by atoms with Gasteiger partial charge in [0, 0.05) is 6.54 Å². The van der Waals surface area contributed by atoms with Crippen LogP contribution < -0.4 is 24.4 Å². The molecule has 1 atom stereocenters. The summed E-state index contributed by atoms with van der Waals surface area (Å²) in [6.07, 6.45) is 1.64. The zero-order valence-electron chi connectivity index (χ0n) is 20.1. The molecule has 1 aromatic heterocycles. The van der Waals surface area contributed by atoms with Gasteiger partial charge in [0.15, 0.2) is 28.4 Å². The van der Waals surface area contributed by atoms with Crippen molar-refractivity contribution in [2.24, 2.45) is 0 Å². The van der Waals surface area contributed by atoms with Crippen molar-refractivity contribution in [2.75, 3.05) is 20.5 Å². The van der Waals surface area contributed by atoms with Crippen LogP contribution in [0, 0.1) is 0 Å². The van der Waals surface area contributed by atoms with Crippen LogP contribution in [0.15, 0.2) is 82.5 Å². The second-order valence-corrected chi connectivity index (χ2v) is 8.70. The molecule has 0 N–H and O–H groups in total. The van der Waals surface area contributed by atoms with Gasteiger partial charge >= 0.3 is 0 Å². The average molecular weight is 498 g/mol. The molecule has 0 saturated heterocycles. The van der Waals surface area contributed by atoms with Gasteiger partial charge in [-0.15, -0.1) is 0 Å². The highest BCUT2D eigenvalue weighted by Gasteiger charge is 2.43. The number of hydrogen-bond donors (Lipinski definition) is 0. The number of ether oxygens (including phenoxy) is 4. The van der Waals surface area contributed by atoms with E-state index >= 15 is 0 Å². The van der Waals surface area contributed by atoms with Crippen LogP contribution in [-0.4, -0.2) is 31.3 Å². The predicted octanol–water partition coefficient (Wildman–Crippen LogP) is 4.84. The highest BCUT2D eigenvalue weighted by molar-refractivity contribution is 5.99. The van der Waals surface area contributed by atoms with Crippen LogP contribution in [0.4, 0.5) is 0 Å². The molecule has 0 radical (unpaired) electrons. The molecule has 0 bridgehead atoms. The predicted molar refractivity (Wildman–Crippen MR) is 135 cm³/mol. The lowest BCUT2D eigenvalue weighted by Gasteiger charge is -2.26. The lowest BCUT2D eigenvalue weighted by molar-refractivity contribution is 0.0714. The zero-order valence-corrected chi connectivity index (χ0v) is 20.1. The lowest BCUT2D eigenvalue weighted by Crippen LogP contribution is -2.29. The molecule has 0 aliphatic carbocycles. The van der Waals surface area contributed by atoms with E-state index in [0.717, 1.165) is 5.56 Å². The SMILES string of the molecule is C=CCOc1ccc([C@H]2c3c(oc4ccccc4c3=O)C(=O)N2Cc2ccc3c(c2)OCO3)cc1OC. The highest BCUT2D eigenvalue weighted by Crippen LogP contribution is 2.42. The Labute approximate surface area is 212 Å². The molecule has 1 amide bonds. The number of carbonyl (C=O) groups excluding carboxylic acids is 1. The van der Waals surface area contributed by atoms with Crippen molar-refractivity contribution >= 4 is 16.9 Å². The minimum Gasteiger partial charge on any atom is -0.493 e. The van der Waals surface area contributed by atoms with Crippen molar-refractivity contribution in [3.63, 3.8) is 0 Å². The molecule has 3 aromatic carbocycles. The summed E-state index contributed by atoms with van der Waals surface area (Å²) >= 11 is 0. The van der Waals surface area contributed by atoms with Crippen LogP contribution in [0.3, 0.4) is 0 Å². The van der Waals surface area contributed by atoms with Gasteiger partial charge in [0.25, 0.3) is 5.91 Å².